The molecule has 0 aliphatic heterocycles. The van der Waals surface area contributed by atoms with Crippen LogP contribution in [0.5, 0.6) is 5.75 Å². The molecule has 1 aromatic rings. The quantitative estimate of drug-likeness (QED) is 0.845. The predicted octanol–water partition coefficient (Wildman–Crippen LogP) is 2.04. The lowest BCUT2D eigenvalue weighted by Gasteiger charge is -2.13. The van der Waals surface area contributed by atoms with E-state index in [4.69, 9.17) is 4.74 Å². The first-order valence-corrected chi connectivity index (χ1v) is 6.64. The highest BCUT2D eigenvalue weighted by Crippen LogP contribution is 2.22. The van der Waals surface area contributed by atoms with E-state index in [-0.39, 0.29) is 5.91 Å². The van der Waals surface area contributed by atoms with Gasteiger partial charge in [-0.25, -0.2) is 0 Å². The molecule has 1 rings (SSSR count). The first-order valence-electron chi connectivity index (χ1n) is 5.84. The van der Waals surface area contributed by atoms with E-state index in [0.29, 0.717) is 23.8 Å². The lowest BCUT2D eigenvalue weighted by molar-refractivity contribution is 0.0947. The topological polar surface area (TPSA) is 50.4 Å². The molecule has 0 bridgehead atoms. The molecule has 0 heterocycles. The van der Waals surface area contributed by atoms with Crippen LogP contribution in [-0.4, -0.2) is 33.2 Å². The fourth-order valence-electron chi connectivity index (χ4n) is 1.59. The van der Waals surface area contributed by atoms with Gasteiger partial charge in [0.05, 0.1) is 12.7 Å². The number of hydrogen-bond acceptors (Lipinski definition) is 3. The minimum absolute atomic E-state index is 0.0938. The third-order valence-electron chi connectivity index (χ3n) is 2.58. The van der Waals surface area contributed by atoms with Crippen LogP contribution < -0.4 is 15.4 Å². The van der Waals surface area contributed by atoms with Crippen molar-refractivity contribution in [2.45, 2.75) is 6.92 Å². The highest BCUT2D eigenvalue weighted by atomic mass is 79.9. The van der Waals surface area contributed by atoms with Crippen LogP contribution in [0.4, 0.5) is 0 Å². The van der Waals surface area contributed by atoms with Crippen molar-refractivity contribution in [1.29, 1.82) is 0 Å². The number of carbonyl (C=O) groups is 1. The predicted molar refractivity (Wildman–Crippen MR) is 76.1 cm³/mol. The molecule has 4 nitrogen and oxygen atoms in total. The van der Waals surface area contributed by atoms with E-state index in [2.05, 4.69) is 33.5 Å². The number of hydrogen-bond donors (Lipinski definition) is 2. The van der Waals surface area contributed by atoms with E-state index in [1.54, 1.807) is 13.2 Å². The highest BCUT2D eigenvalue weighted by Gasteiger charge is 2.12. The fourth-order valence-corrected chi connectivity index (χ4v) is 2.01. The van der Waals surface area contributed by atoms with E-state index in [1.165, 1.54) is 0 Å². The molecule has 0 saturated carbocycles. The molecule has 0 spiro atoms. The van der Waals surface area contributed by atoms with Gasteiger partial charge in [0.15, 0.2) is 0 Å². The number of carbonyl (C=O) groups excluding carboxylic acids is 1. The van der Waals surface area contributed by atoms with Crippen molar-refractivity contribution < 1.29 is 9.53 Å². The normalized spacial score (nSPS) is 12.0. The van der Waals surface area contributed by atoms with Crippen LogP contribution in [0.2, 0.25) is 0 Å². The first-order chi connectivity index (χ1) is 8.58. The molecule has 18 heavy (non-hydrogen) atoms. The molecule has 0 fully saturated rings. The summed E-state index contributed by atoms with van der Waals surface area (Å²) in [5.41, 5.74) is 0.589. The minimum atomic E-state index is -0.0938. The molecular formula is C13H19BrN2O2. The Morgan fingerprint density at radius 1 is 1.44 bits per heavy atom. The van der Waals surface area contributed by atoms with Crippen molar-refractivity contribution in [2.75, 3.05) is 27.2 Å². The molecule has 0 aliphatic rings. The van der Waals surface area contributed by atoms with Gasteiger partial charge in [0.25, 0.3) is 5.91 Å². The summed E-state index contributed by atoms with van der Waals surface area (Å²) in [6.07, 6.45) is 0. The monoisotopic (exact) mass is 314 g/mol. The van der Waals surface area contributed by atoms with E-state index in [0.717, 1.165) is 11.0 Å². The van der Waals surface area contributed by atoms with E-state index >= 15 is 0 Å². The molecule has 1 atom stereocenters. The number of benzene rings is 1. The number of methoxy groups -OCH3 is 1. The molecule has 0 aliphatic carbocycles. The van der Waals surface area contributed by atoms with Crippen molar-refractivity contribution in [3.05, 3.63) is 28.2 Å². The number of amides is 1. The van der Waals surface area contributed by atoms with Gasteiger partial charge in [-0.1, -0.05) is 6.92 Å². The van der Waals surface area contributed by atoms with E-state index in [1.807, 2.05) is 19.2 Å². The van der Waals surface area contributed by atoms with Crippen molar-refractivity contribution in [1.82, 2.24) is 10.6 Å². The summed E-state index contributed by atoms with van der Waals surface area (Å²) in [6, 6.07) is 5.34. The van der Waals surface area contributed by atoms with Gasteiger partial charge in [-0.05, 0) is 53.6 Å². The second-order valence-corrected chi connectivity index (χ2v) is 5.07. The van der Waals surface area contributed by atoms with Crippen LogP contribution in [0.15, 0.2) is 22.7 Å². The van der Waals surface area contributed by atoms with E-state index < -0.39 is 0 Å². The summed E-state index contributed by atoms with van der Waals surface area (Å²) >= 11 is 3.37. The number of ether oxygens (including phenoxy) is 1. The molecule has 2 N–H and O–H groups in total. The van der Waals surface area contributed by atoms with E-state index in [9.17, 15) is 4.79 Å². The Hall–Kier alpha value is -1.07. The molecule has 0 radical (unpaired) electrons. The van der Waals surface area contributed by atoms with Crippen LogP contribution in [-0.2, 0) is 0 Å². The molecular weight excluding hydrogens is 296 g/mol. The van der Waals surface area contributed by atoms with Crippen LogP contribution >= 0.6 is 15.9 Å². The van der Waals surface area contributed by atoms with Gasteiger partial charge in [-0.2, -0.15) is 0 Å². The SMILES string of the molecule is CNCC(C)CNC(=O)c1cc(OC)ccc1Br. The van der Waals surface area contributed by atoms with Gasteiger partial charge in [-0.3, -0.25) is 4.79 Å². The maximum absolute atomic E-state index is 12.0. The fraction of sp³-hybridized carbons (Fsp3) is 0.462. The average Bonchev–Trinajstić information content (AvgIpc) is 2.37. The third kappa shape index (κ3) is 4.31. The van der Waals surface area contributed by atoms with Crippen molar-refractivity contribution in [2.24, 2.45) is 5.92 Å². The second-order valence-electron chi connectivity index (χ2n) is 4.22. The molecule has 1 aromatic carbocycles. The summed E-state index contributed by atoms with van der Waals surface area (Å²) in [6.45, 7) is 3.60. The minimum Gasteiger partial charge on any atom is -0.497 e. The van der Waals surface area contributed by atoms with Crippen LogP contribution in [0.3, 0.4) is 0 Å². The molecule has 1 unspecified atom stereocenters. The Kier molecular flexibility index (Phi) is 6.15. The Morgan fingerprint density at radius 2 is 2.17 bits per heavy atom. The van der Waals surface area contributed by atoms with Gasteiger partial charge in [0.1, 0.15) is 5.75 Å². The molecule has 0 aromatic heterocycles. The van der Waals surface area contributed by atoms with Gasteiger partial charge < -0.3 is 15.4 Å². The standard InChI is InChI=1S/C13H19BrN2O2/c1-9(7-15-2)8-16-13(17)11-6-10(18-3)4-5-12(11)14/h4-6,9,15H,7-8H2,1-3H3,(H,16,17). The average molecular weight is 315 g/mol. The zero-order chi connectivity index (χ0) is 13.5. The lowest BCUT2D eigenvalue weighted by atomic mass is 10.1. The Bertz CT molecular complexity index is 410. The van der Waals surface area contributed by atoms with Gasteiger partial charge in [0.2, 0.25) is 0 Å². The van der Waals surface area contributed by atoms with Crippen LogP contribution in [0.25, 0.3) is 0 Å². The summed E-state index contributed by atoms with van der Waals surface area (Å²) in [5, 5.41) is 5.99. The summed E-state index contributed by atoms with van der Waals surface area (Å²) in [5.74, 6) is 0.971. The smallest absolute Gasteiger partial charge is 0.252 e. The maximum atomic E-state index is 12.0. The van der Waals surface area contributed by atoms with Gasteiger partial charge >= 0.3 is 0 Å². The Morgan fingerprint density at radius 3 is 2.78 bits per heavy atom. The summed E-state index contributed by atoms with van der Waals surface area (Å²) in [7, 11) is 3.48. The first kappa shape index (κ1) is 15.0. The molecule has 100 valence electrons. The van der Waals surface area contributed by atoms with Crippen LogP contribution in [0, 0.1) is 5.92 Å². The Balaban J connectivity index is 2.66. The molecule has 1 amide bonds. The highest BCUT2D eigenvalue weighted by molar-refractivity contribution is 9.10. The largest absolute Gasteiger partial charge is 0.497 e. The summed E-state index contributed by atoms with van der Waals surface area (Å²) in [4.78, 5) is 12.0. The van der Waals surface area contributed by atoms with Gasteiger partial charge in [0, 0.05) is 11.0 Å². The van der Waals surface area contributed by atoms with Crippen molar-refractivity contribution in [3.8, 4) is 5.75 Å². The second kappa shape index (κ2) is 7.38. The maximum Gasteiger partial charge on any atom is 0.252 e. The van der Waals surface area contributed by atoms with Gasteiger partial charge in [-0.15, -0.1) is 0 Å². The lowest BCUT2D eigenvalue weighted by Crippen LogP contribution is -2.32. The third-order valence-corrected chi connectivity index (χ3v) is 3.27. The zero-order valence-corrected chi connectivity index (χ0v) is 12.5. The molecule has 0 saturated heterocycles. The van der Waals surface area contributed by atoms with Crippen LogP contribution in [0.1, 0.15) is 17.3 Å². The number of rotatable bonds is 6. The summed E-state index contributed by atoms with van der Waals surface area (Å²) < 4.78 is 5.88. The zero-order valence-electron chi connectivity index (χ0n) is 10.9. The Labute approximate surface area is 116 Å². The number of nitrogens with one attached hydrogen (secondary N) is 2. The number of halogens is 1. The van der Waals surface area contributed by atoms with Crippen molar-refractivity contribution in [3.63, 3.8) is 0 Å². The molecule has 5 heteroatoms. The van der Waals surface area contributed by atoms with Crippen molar-refractivity contribution >= 4 is 21.8 Å².